The zero-order chi connectivity index (χ0) is 27.3. The fourth-order valence-electron chi connectivity index (χ4n) is 3.27. The van der Waals surface area contributed by atoms with Gasteiger partial charge in [-0.3, -0.25) is 24.5 Å². The van der Waals surface area contributed by atoms with Crippen LogP contribution in [0.3, 0.4) is 0 Å². The Morgan fingerprint density at radius 2 is 1.76 bits per heavy atom. The number of nitrogens with one attached hydrogen (secondary N) is 1. The summed E-state index contributed by atoms with van der Waals surface area (Å²) in [6.45, 7) is -1.13. The predicted octanol–water partition coefficient (Wildman–Crippen LogP) is 3.59. The number of nitro groups is 1. The van der Waals surface area contributed by atoms with E-state index in [1.54, 1.807) is 18.2 Å². The van der Waals surface area contributed by atoms with Crippen molar-refractivity contribution in [3.63, 3.8) is 0 Å². The summed E-state index contributed by atoms with van der Waals surface area (Å²) in [4.78, 5) is 37.6. The summed E-state index contributed by atoms with van der Waals surface area (Å²) >= 11 is 0.666. The van der Waals surface area contributed by atoms with E-state index in [2.05, 4.69) is 10.3 Å². The van der Waals surface area contributed by atoms with Crippen LogP contribution in [-0.4, -0.2) is 50.5 Å². The highest BCUT2D eigenvalue weighted by Gasteiger charge is 2.22. The second-order valence-electron chi connectivity index (χ2n) is 7.73. The minimum atomic E-state index is -3.82. The molecule has 0 aliphatic heterocycles. The minimum Gasteiger partial charge on any atom is -0.482 e. The number of anilines is 2. The average Bonchev–Trinajstić information content (AvgIpc) is 3.39. The van der Waals surface area contributed by atoms with E-state index >= 15 is 0 Å². The summed E-state index contributed by atoms with van der Waals surface area (Å²) in [5.74, 6) is -1.27. The smallest absolute Gasteiger partial charge is 0.345 e. The van der Waals surface area contributed by atoms with Crippen molar-refractivity contribution in [2.75, 3.05) is 29.9 Å². The molecule has 0 saturated heterocycles. The van der Waals surface area contributed by atoms with Crippen LogP contribution in [0.1, 0.15) is 0 Å². The van der Waals surface area contributed by atoms with E-state index in [9.17, 15) is 28.1 Å². The molecule has 0 bridgehead atoms. The Balaban J connectivity index is 1.28. The zero-order valence-corrected chi connectivity index (χ0v) is 21.4. The molecular weight excluding hydrogens is 536 g/mol. The van der Waals surface area contributed by atoms with Crippen molar-refractivity contribution in [2.45, 2.75) is 4.90 Å². The second-order valence-corrected chi connectivity index (χ2v) is 10.7. The van der Waals surface area contributed by atoms with Gasteiger partial charge < -0.3 is 9.47 Å². The molecule has 0 saturated carbocycles. The summed E-state index contributed by atoms with van der Waals surface area (Å²) in [5.41, 5.74) is 0.382. The number of hydrogen-bond acceptors (Lipinski definition) is 10. The van der Waals surface area contributed by atoms with Crippen molar-refractivity contribution in [1.29, 1.82) is 0 Å². The van der Waals surface area contributed by atoms with Crippen molar-refractivity contribution in [1.82, 2.24) is 4.98 Å². The molecule has 0 spiro atoms. The molecule has 0 atom stereocenters. The Hall–Kier alpha value is -4.56. The first-order valence-electron chi connectivity index (χ1n) is 10.9. The molecule has 0 fully saturated rings. The molecule has 0 aliphatic carbocycles. The predicted molar refractivity (Wildman–Crippen MR) is 140 cm³/mol. The molecule has 14 heteroatoms. The number of fused-ring (bicyclic) bond motifs is 1. The van der Waals surface area contributed by atoms with Gasteiger partial charge in [0.15, 0.2) is 18.3 Å². The van der Waals surface area contributed by atoms with Crippen LogP contribution < -0.4 is 14.4 Å². The van der Waals surface area contributed by atoms with E-state index in [4.69, 9.17) is 9.47 Å². The number of carbonyl (C=O) groups excluding carboxylic acids is 2. The van der Waals surface area contributed by atoms with E-state index in [-0.39, 0.29) is 20.8 Å². The molecule has 4 aromatic rings. The fraction of sp³-hybridized carbons (Fsp3) is 0.125. The molecule has 1 aromatic heterocycles. The van der Waals surface area contributed by atoms with Crippen molar-refractivity contribution in [2.24, 2.45) is 0 Å². The summed E-state index contributed by atoms with van der Waals surface area (Å²) < 4.78 is 37.5. The van der Waals surface area contributed by atoms with Gasteiger partial charge in [0.05, 0.1) is 15.5 Å². The van der Waals surface area contributed by atoms with Crippen molar-refractivity contribution in [3.05, 3.63) is 83.0 Å². The van der Waals surface area contributed by atoms with Crippen LogP contribution in [0, 0.1) is 10.1 Å². The molecule has 4 rings (SSSR count). The number of thiazole rings is 1. The van der Waals surface area contributed by atoms with Crippen LogP contribution in [0.25, 0.3) is 10.8 Å². The lowest BCUT2D eigenvalue weighted by atomic mass is 10.1. The molecule has 1 N–H and O–H groups in total. The van der Waals surface area contributed by atoms with Gasteiger partial charge >= 0.3 is 11.0 Å². The Kier molecular flexibility index (Phi) is 7.83. The number of hydrogen-bond donors (Lipinski definition) is 1. The van der Waals surface area contributed by atoms with Gasteiger partial charge in [-0.25, -0.2) is 18.2 Å². The molecule has 196 valence electrons. The summed E-state index contributed by atoms with van der Waals surface area (Å²) in [7, 11) is -2.38. The molecule has 0 unspecified atom stereocenters. The van der Waals surface area contributed by atoms with E-state index in [1.807, 2.05) is 24.3 Å². The van der Waals surface area contributed by atoms with Crippen LogP contribution >= 0.6 is 11.3 Å². The number of carbonyl (C=O) groups is 2. The van der Waals surface area contributed by atoms with Gasteiger partial charge in [-0.2, -0.15) is 0 Å². The maximum Gasteiger partial charge on any atom is 0.345 e. The molecule has 0 radical (unpaired) electrons. The van der Waals surface area contributed by atoms with Gasteiger partial charge in [-0.15, -0.1) is 0 Å². The third-order valence-electron chi connectivity index (χ3n) is 5.22. The lowest BCUT2D eigenvalue weighted by Gasteiger charge is -2.20. The molecule has 3 aromatic carbocycles. The molecule has 38 heavy (non-hydrogen) atoms. The summed E-state index contributed by atoms with van der Waals surface area (Å²) in [6, 6.07) is 18.4. The van der Waals surface area contributed by atoms with Crippen LogP contribution in [0.4, 0.5) is 15.8 Å². The van der Waals surface area contributed by atoms with Gasteiger partial charge in [0, 0.05) is 7.05 Å². The highest BCUT2D eigenvalue weighted by Crippen LogP contribution is 2.27. The van der Waals surface area contributed by atoms with E-state index < -0.39 is 40.0 Å². The number of amides is 1. The number of sulfonamides is 1. The van der Waals surface area contributed by atoms with Crippen molar-refractivity contribution < 1.29 is 32.4 Å². The zero-order valence-electron chi connectivity index (χ0n) is 19.8. The molecular formula is C24H20N4O8S2. The van der Waals surface area contributed by atoms with Crippen LogP contribution in [0.5, 0.6) is 5.75 Å². The third kappa shape index (κ3) is 6.22. The van der Waals surface area contributed by atoms with Crippen LogP contribution in [0.2, 0.25) is 0 Å². The number of ether oxygens (including phenoxy) is 2. The minimum absolute atomic E-state index is 0.00156. The first-order valence-corrected chi connectivity index (χ1v) is 13.2. The maximum absolute atomic E-state index is 13.1. The quantitative estimate of drug-likeness (QED) is 0.175. The average molecular weight is 557 g/mol. The highest BCUT2D eigenvalue weighted by atomic mass is 32.2. The molecule has 1 amide bonds. The summed E-state index contributed by atoms with van der Waals surface area (Å²) in [6.07, 6.45) is 1.00. The van der Waals surface area contributed by atoms with Crippen LogP contribution in [-0.2, 0) is 24.3 Å². The Morgan fingerprint density at radius 1 is 1.05 bits per heavy atom. The van der Waals surface area contributed by atoms with Gasteiger partial charge in [0.2, 0.25) is 0 Å². The topological polar surface area (TPSA) is 158 Å². The largest absolute Gasteiger partial charge is 0.482 e. The Labute approximate surface area is 220 Å². The number of rotatable bonds is 10. The summed E-state index contributed by atoms with van der Waals surface area (Å²) in [5, 5.41) is 14.4. The van der Waals surface area contributed by atoms with E-state index in [0.717, 1.165) is 21.3 Å². The van der Waals surface area contributed by atoms with Crippen molar-refractivity contribution in [3.8, 4) is 5.75 Å². The SMILES string of the molecule is CN(c1ccc(OCC(=O)OCC(=O)Nc2ncc([N+](=O)[O-])s2)cc1)S(=O)(=O)c1ccc2ccccc2c1. The lowest BCUT2D eigenvalue weighted by Crippen LogP contribution is -2.26. The number of nitrogens with zero attached hydrogens (tertiary/aromatic N) is 3. The normalized spacial score (nSPS) is 11.1. The highest BCUT2D eigenvalue weighted by molar-refractivity contribution is 7.92. The van der Waals surface area contributed by atoms with Gasteiger partial charge in [0.1, 0.15) is 11.9 Å². The second kappa shape index (κ2) is 11.2. The maximum atomic E-state index is 13.1. The van der Waals surface area contributed by atoms with Gasteiger partial charge in [0.25, 0.3) is 15.9 Å². The number of benzene rings is 3. The molecule has 1 heterocycles. The van der Waals surface area contributed by atoms with Crippen molar-refractivity contribution >= 4 is 59.8 Å². The first kappa shape index (κ1) is 26.5. The van der Waals surface area contributed by atoms with Gasteiger partial charge in [-0.05, 0) is 58.5 Å². The number of esters is 1. The Bertz CT molecular complexity index is 1600. The van der Waals surface area contributed by atoms with Crippen LogP contribution in [0.15, 0.2) is 77.8 Å². The van der Waals surface area contributed by atoms with E-state index in [1.165, 1.54) is 31.3 Å². The Morgan fingerprint density at radius 3 is 2.45 bits per heavy atom. The first-order chi connectivity index (χ1) is 18.1. The molecule has 12 nitrogen and oxygen atoms in total. The molecule has 0 aliphatic rings. The third-order valence-corrected chi connectivity index (χ3v) is 7.87. The fourth-order valence-corrected chi connectivity index (χ4v) is 5.15. The monoisotopic (exact) mass is 556 g/mol. The number of aromatic nitrogens is 1. The van der Waals surface area contributed by atoms with Gasteiger partial charge in [-0.1, -0.05) is 30.3 Å². The lowest BCUT2D eigenvalue weighted by molar-refractivity contribution is -0.380. The standard InChI is InChI=1S/C24H20N4O8S2/c1-27(38(33,34)20-11-6-16-4-2-3-5-17(16)12-20)18-7-9-19(10-8-18)35-15-23(30)36-14-21(29)26-24-25-13-22(37-24)28(31)32/h2-13H,14-15H2,1H3,(H,25,26,29). The van der Waals surface area contributed by atoms with E-state index in [0.29, 0.717) is 17.0 Å².